The van der Waals surface area contributed by atoms with E-state index >= 15 is 0 Å². The highest BCUT2D eigenvalue weighted by Gasteiger charge is 2.13. The predicted molar refractivity (Wildman–Crippen MR) is 62.2 cm³/mol. The molecule has 3 heteroatoms. The fourth-order valence-corrected chi connectivity index (χ4v) is 1.59. The number of thiol groups is 1. The van der Waals surface area contributed by atoms with Gasteiger partial charge < -0.3 is 4.90 Å². The lowest BCUT2D eigenvalue weighted by molar-refractivity contribution is -0.126. The van der Waals surface area contributed by atoms with E-state index in [0.717, 1.165) is 24.4 Å². The van der Waals surface area contributed by atoms with Gasteiger partial charge in [0.05, 0.1) is 0 Å². The van der Waals surface area contributed by atoms with Gasteiger partial charge in [-0.25, -0.2) is 0 Å². The third-order valence-electron chi connectivity index (χ3n) is 2.12. The Kier molecular flexibility index (Phi) is 4.01. The topological polar surface area (TPSA) is 20.3 Å². The van der Waals surface area contributed by atoms with Crippen LogP contribution < -0.4 is 0 Å². The second-order valence-corrected chi connectivity index (χ2v) is 3.69. The molecule has 0 aromatic carbocycles. The van der Waals surface area contributed by atoms with Crippen molar-refractivity contribution in [1.82, 2.24) is 4.90 Å². The Morgan fingerprint density at radius 3 is 3.00 bits per heavy atom. The van der Waals surface area contributed by atoms with Crippen molar-refractivity contribution in [2.24, 2.45) is 0 Å². The zero-order valence-electron chi connectivity index (χ0n) is 8.36. The molecule has 1 aliphatic heterocycles. The van der Waals surface area contributed by atoms with E-state index in [4.69, 9.17) is 0 Å². The van der Waals surface area contributed by atoms with Crippen LogP contribution in [0.4, 0.5) is 0 Å². The molecule has 0 saturated carbocycles. The monoisotopic (exact) mass is 209 g/mol. The lowest BCUT2D eigenvalue weighted by Crippen LogP contribution is -2.31. The predicted octanol–water partition coefficient (Wildman–Crippen LogP) is 2.16. The molecule has 0 radical (unpaired) electrons. The van der Waals surface area contributed by atoms with E-state index in [1.54, 1.807) is 11.0 Å². The molecule has 0 aromatic rings. The summed E-state index contributed by atoms with van der Waals surface area (Å²) in [4.78, 5) is 14.3. The van der Waals surface area contributed by atoms with Crippen molar-refractivity contribution in [3.8, 4) is 0 Å². The van der Waals surface area contributed by atoms with Crippen LogP contribution in [0.1, 0.15) is 13.3 Å². The number of hydrogen-bond acceptors (Lipinski definition) is 2. The van der Waals surface area contributed by atoms with Gasteiger partial charge in [0, 0.05) is 23.6 Å². The summed E-state index contributed by atoms with van der Waals surface area (Å²) in [5, 5.41) is 0. The summed E-state index contributed by atoms with van der Waals surface area (Å²) in [5.74, 6) is 0.00255. The first-order valence-corrected chi connectivity index (χ1v) is 5.15. The SMILES string of the molecule is C=C1/C=C(S)\C=C/CCN(CC)C1=O. The van der Waals surface area contributed by atoms with Crippen LogP contribution in [-0.2, 0) is 4.79 Å². The van der Waals surface area contributed by atoms with Gasteiger partial charge in [-0.3, -0.25) is 4.79 Å². The zero-order valence-corrected chi connectivity index (χ0v) is 9.26. The maximum Gasteiger partial charge on any atom is 0.253 e. The van der Waals surface area contributed by atoms with E-state index in [9.17, 15) is 4.79 Å². The molecule has 0 bridgehead atoms. The highest BCUT2D eigenvalue weighted by atomic mass is 32.1. The van der Waals surface area contributed by atoms with Gasteiger partial charge >= 0.3 is 0 Å². The van der Waals surface area contributed by atoms with E-state index in [1.165, 1.54) is 0 Å². The molecule has 0 aliphatic carbocycles. The number of nitrogens with zero attached hydrogens (tertiary/aromatic N) is 1. The summed E-state index contributed by atoms with van der Waals surface area (Å²) in [6.07, 6.45) is 6.49. The second-order valence-electron chi connectivity index (χ2n) is 3.17. The number of amides is 1. The van der Waals surface area contributed by atoms with Crippen molar-refractivity contribution < 1.29 is 4.79 Å². The first kappa shape index (κ1) is 11.1. The molecule has 0 unspecified atom stereocenters. The van der Waals surface area contributed by atoms with E-state index < -0.39 is 0 Å². The molecule has 14 heavy (non-hydrogen) atoms. The summed E-state index contributed by atoms with van der Waals surface area (Å²) in [6, 6.07) is 0. The molecular weight excluding hydrogens is 194 g/mol. The van der Waals surface area contributed by atoms with Gasteiger partial charge in [-0.1, -0.05) is 18.7 Å². The van der Waals surface area contributed by atoms with Crippen molar-refractivity contribution in [3.63, 3.8) is 0 Å². The lowest BCUT2D eigenvalue weighted by Gasteiger charge is -2.19. The number of rotatable bonds is 1. The Morgan fingerprint density at radius 1 is 1.64 bits per heavy atom. The molecular formula is C11H15NOS. The van der Waals surface area contributed by atoms with Crippen molar-refractivity contribution in [2.45, 2.75) is 13.3 Å². The average Bonchev–Trinajstić information content (AvgIpc) is 2.21. The van der Waals surface area contributed by atoms with Gasteiger partial charge in [0.1, 0.15) is 0 Å². The minimum absolute atomic E-state index is 0.00255. The Morgan fingerprint density at radius 2 is 2.36 bits per heavy atom. The summed E-state index contributed by atoms with van der Waals surface area (Å²) < 4.78 is 0. The van der Waals surface area contributed by atoms with Gasteiger partial charge in [-0.05, 0) is 19.4 Å². The van der Waals surface area contributed by atoms with Crippen molar-refractivity contribution in [3.05, 3.63) is 35.3 Å². The maximum atomic E-state index is 11.7. The number of allylic oxidation sites excluding steroid dienone is 1. The first-order chi connectivity index (χ1) is 6.65. The van der Waals surface area contributed by atoms with Crippen LogP contribution in [0.5, 0.6) is 0 Å². The number of hydrogen-bond donors (Lipinski definition) is 1. The minimum Gasteiger partial charge on any atom is -0.339 e. The Balaban J connectivity index is 2.89. The van der Waals surface area contributed by atoms with Crippen LogP contribution >= 0.6 is 12.6 Å². The molecule has 1 heterocycles. The van der Waals surface area contributed by atoms with E-state index in [2.05, 4.69) is 19.2 Å². The van der Waals surface area contributed by atoms with E-state index in [0.29, 0.717) is 5.57 Å². The molecule has 0 fully saturated rings. The Hall–Kier alpha value is -0.960. The Labute approximate surface area is 90.4 Å². The standard InChI is InChI=1S/C11H15NOS/c1-3-12-7-5-4-6-10(14)8-9(2)11(12)13/h4,6,8,14H,2-3,5,7H2,1H3/b6-4-,10-8+. The summed E-state index contributed by atoms with van der Waals surface area (Å²) in [7, 11) is 0. The van der Waals surface area contributed by atoms with Crippen LogP contribution in [0.2, 0.25) is 0 Å². The second kappa shape index (κ2) is 5.05. The fraction of sp³-hybridized carbons (Fsp3) is 0.364. The van der Waals surface area contributed by atoms with E-state index in [-0.39, 0.29) is 5.91 Å². The largest absolute Gasteiger partial charge is 0.339 e. The van der Waals surface area contributed by atoms with Crippen LogP contribution in [0, 0.1) is 0 Å². The molecule has 0 N–H and O–H groups in total. The molecule has 1 amide bonds. The van der Waals surface area contributed by atoms with Crippen LogP contribution in [0.25, 0.3) is 0 Å². The van der Waals surface area contributed by atoms with Crippen molar-refractivity contribution >= 4 is 18.5 Å². The fourth-order valence-electron chi connectivity index (χ4n) is 1.33. The van der Waals surface area contributed by atoms with Gasteiger partial charge in [-0.2, -0.15) is 0 Å². The molecule has 2 nitrogen and oxygen atoms in total. The molecule has 76 valence electrons. The molecule has 1 aliphatic rings. The summed E-state index contributed by atoms with van der Waals surface area (Å²) >= 11 is 4.23. The summed E-state index contributed by atoms with van der Waals surface area (Å²) in [6.45, 7) is 7.18. The Bertz CT molecular complexity index is 304. The third kappa shape index (κ3) is 2.77. The van der Waals surface area contributed by atoms with Gasteiger partial charge in [0.2, 0.25) is 0 Å². The molecule has 0 spiro atoms. The molecule has 0 aromatic heterocycles. The summed E-state index contributed by atoms with van der Waals surface area (Å²) in [5.41, 5.74) is 0.503. The number of likely N-dealkylation sites (N-methyl/N-ethyl adjacent to an activating group) is 1. The smallest absolute Gasteiger partial charge is 0.253 e. The quantitative estimate of drug-likeness (QED) is 0.518. The lowest BCUT2D eigenvalue weighted by atomic mass is 10.2. The van der Waals surface area contributed by atoms with Gasteiger partial charge in [0.15, 0.2) is 0 Å². The average molecular weight is 209 g/mol. The van der Waals surface area contributed by atoms with Crippen LogP contribution in [0.15, 0.2) is 35.3 Å². The highest BCUT2D eigenvalue weighted by molar-refractivity contribution is 7.84. The molecule has 0 atom stereocenters. The number of carbonyl (C=O) groups excluding carboxylic acids is 1. The molecule has 1 rings (SSSR count). The zero-order chi connectivity index (χ0) is 10.6. The van der Waals surface area contributed by atoms with Crippen molar-refractivity contribution in [2.75, 3.05) is 13.1 Å². The van der Waals surface area contributed by atoms with Gasteiger partial charge in [0.25, 0.3) is 5.91 Å². The van der Waals surface area contributed by atoms with Crippen molar-refractivity contribution in [1.29, 1.82) is 0 Å². The molecule has 0 saturated heterocycles. The normalized spacial score (nSPS) is 24.7. The number of carbonyl (C=O) groups is 1. The third-order valence-corrected chi connectivity index (χ3v) is 2.40. The first-order valence-electron chi connectivity index (χ1n) is 4.70. The van der Waals surface area contributed by atoms with Crippen LogP contribution in [0.3, 0.4) is 0 Å². The highest BCUT2D eigenvalue weighted by Crippen LogP contribution is 2.12. The van der Waals surface area contributed by atoms with Gasteiger partial charge in [-0.15, -0.1) is 12.6 Å². The van der Waals surface area contributed by atoms with E-state index in [1.807, 2.05) is 19.1 Å². The van der Waals surface area contributed by atoms with Crippen LogP contribution in [-0.4, -0.2) is 23.9 Å². The maximum absolute atomic E-state index is 11.7. The minimum atomic E-state index is 0.00255.